The molecule has 0 bridgehead atoms. The molecule has 2 rings (SSSR count). The molecule has 0 fully saturated rings. The molecule has 0 aliphatic rings. The maximum atomic E-state index is 11.9. The van der Waals surface area contributed by atoms with Gasteiger partial charge in [-0.3, -0.25) is 4.79 Å². The largest absolute Gasteiger partial charge is 0.325 e. The Morgan fingerprint density at radius 3 is 2.41 bits per heavy atom. The van der Waals surface area contributed by atoms with Gasteiger partial charge in [-0.25, -0.2) is 0 Å². The molecule has 2 N–H and O–H groups in total. The summed E-state index contributed by atoms with van der Waals surface area (Å²) in [6.07, 6.45) is 0. The summed E-state index contributed by atoms with van der Waals surface area (Å²) < 4.78 is 0. The number of amides is 1. The standard InChI is InChI=1S/C17H16ClN3O/c1-12(14-4-6-15(18)7-5-14)20-11-17(22)21-16-8-2-13(10-19)3-9-16/h2-9,12,20H,11H2,1H3,(H,21,22)/t12-/m1/s1. The number of benzene rings is 2. The molecule has 0 heterocycles. The van der Waals surface area contributed by atoms with Gasteiger partial charge in [0.05, 0.1) is 18.2 Å². The number of halogens is 1. The van der Waals surface area contributed by atoms with Crippen LogP contribution in [0, 0.1) is 11.3 Å². The van der Waals surface area contributed by atoms with Gasteiger partial charge in [0.25, 0.3) is 0 Å². The zero-order chi connectivity index (χ0) is 15.9. The molecule has 22 heavy (non-hydrogen) atoms. The van der Waals surface area contributed by atoms with Gasteiger partial charge >= 0.3 is 0 Å². The zero-order valence-electron chi connectivity index (χ0n) is 12.1. The second-order valence-electron chi connectivity index (χ2n) is 4.89. The van der Waals surface area contributed by atoms with Gasteiger partial charge in [0.15, 0.2) is 0 Å². The highest BCUT2D eigenvalue weighted by molar-refractivity contribution is 6.30. The van der Waals surface area contributed by atoms with E-state index < -0.39 is 0 Å². The summed E-state index contributed by atoms with van der Waals surface area (Å²) in [5, 5.41) is 15.3. The SMILES string of the molecule is C[C@@H](NCC(=O)Nc1ccc(C#N)cc1)c1ccc(Cl)cc1. The van der Waals surface area contributed by atoms with Crippen LogP contribution >= 0.6 is 11.6 Å². The van der Waals surface area contributed by atoms with Crippen molar-refractivity contribution in [3.8, 4) is 6.07 Å². The number of hydrogen-bond acceptors (Lipinski definition) is 3. The molecule has 2 aromatic carbocycles. The Kier molecular flexibility index (Phi) is 5.54. The van der Waals surface area contributed by atoms with E-state index in [4.69, 9.17) is 16.9 Å². The van der Waals surface area contributed by atoms with Gasteiger partial charge in [0.2, 0.25) is 5.91 Å². The Balaban J connectivity index is 1.84. The van der Waals surface area contributed by atoms with Crippen LogP contribution in [0.3, 0.4) is 0 Å². The van der Waals surface area contributed by atoms with Crippen LogP contribution in [0.4, 0.5) is 5.69 Å². The lowest BCUT2D eigenvalue weighted by Gasteiger charge is -2.14. The summed E-state index contributed by atoms with van der Waals surface area (Å²) in [4.78, 5) is 11.9. The van der Waals surface area contributed by atoms with Gasteiger partial charge in [-0.2, -0.15) is 5.26 Å². The van der Waals surface area contributed by atoms with E-state index in [1.807, 2.05) is 37.3 Å². The van der Waals surface area contributed by atoms with Crippen LogP contribution < -0.4 is 10.6 Å². The van der Waals surface area contributed by atoms with Crippen molar-refractivity contribution in [3.63, 3.8) is 0 Å². The first kappa shape index (κ1) is 16.0. The third-order valence-electron chi connectivity index (χ3n) is 3.24. The van der Waals surface area contributed by atoms with Crippen LogP contribution in [0.1, 0.15) is 24.1 Å². The summed E-state index contributed by atoms with van der Waals surface area (Å²) in [6, 6.07) is 16.3. The average molecular weight is 314 g/mol. The Labute approximate surface area is 134 Å². The summed E-state index contributed by atoms with van der Waals surface area (Å²) >= 11 is 5.85. The molecular weight excluding hydrogens is 298 g/mol. The maximum Gasteiger partial charge on any atom is 0.238 e. The van der Waals surface area contributed by atoms with Crippen LogP contribution in [0.25, 0.3) is 0 Å². The number of rotatable bonds is 5. The van der Waals surface area contributed by atoms with E-state index in [0.29, 0.717) is 16.3 Å². The molecule has 0 aliphatic heterocycles. The maximum absolute atomic E-state index is 11.9. The molecule has 112 valence electrons. The molecular formula is C17H16ClN3O. The summed E-state index contributed by atoms with van der Waals surface area (Å²) in [5.41, 5.74) is 2.30. The minimum atomic E-state index is -0.134. The van der Waals surface area contributed by atoms with E-state index in [1.54, 1.807) is 24.3 Å². The highest BCUT2D eigenvalue weighted by Crippen LogP contribution is 2.15. The van der Waals surface area contributed by atoms with Crippen LogP contribution in [-0.4, -0.2) is 12.5 Å². The molecule has 0 spiro atoms. The Morgan fingerprint density at radius 1 is 1.18 bits per heavy atom. The fourth-order valence-electron chi connectivity index (χ4n) is 1.95. The second-order valence-corrected chi connectivity index (χ2v) is 5.33. The molecule has 0 aliphatic carbocycles. The number of hydrogen-bond donors (Lipinski definition) is 2. The minimum Gasteiger partial charge on any atom is -0.325 e. The van der Waals surface area contributed by atoms with Crippen molar-refractivity contribution >= 4 is 23.2 Å². The first-order valence-electron chi connectivity index (χ1n) is 6.87. The normalized spacial score (nSPS) is 11.5. The predicted octanol–water partition coefficient (Wildman–Crippen LogP) is 3.50. The van der Waals surface area contributed by atoms with Gasteiger partial charge in [-0.15, -0.1) is 0 Å². The molecule has 0 radical (unpaired) electrons. The van der Waals surface area contributed by atoms with E-state index in [2.05, 4.69) is 10.6 Å². The molecule has 0 saturated carbocycles. The van der Waals surface area contributed by atoms with Crippen molar-refractivity contribution < 1.29 is 4.79 Å². The van der Waals surface area contributed by atoms with E-state index in [9.17, 15) is 4.79 Å². The van der Waals surface area contributed by atoms with E-state index in [0.717, 1.165) is 5.56 Å². The molecule has 2 aromatic rings. The molecule has 1 amide bonds. The van der Waals surface area contributed by atoms with E-state index >= 15 is 0 Å². The monoisotopic (exact) mass is 313 g/mol. The lowest BCUT2D eigenvalue weighted by atomic mass is 10.1. The Bertz CT molecular complexity index is 675. The fourth-order valence-corrected chi connectivity index (χ4v) is 2.07. The van der Waals surface area contributed by atoms with Gasteiger partial charge in [0.1, 0.15) is 0 Å². The third kappa shape index (κ3) is 4.59. The quantitative estimate of drug-likeness (QED) is 0.888. The Morgan fingerprint density at radius 2 is 1.82 bits per heavy atom. The number of nitrogens with zero attached hydrogens (tertiary/aromatic N) is 1. The minimum absolute atomic E-state index is 0.0454. The van der Waals surface area contributed by atoms with Crippen molar-refractivity contribution in [2.75, 3.05) is 11.9 Å². The highest BCUT2D eigenvalue weighted by atomic mass is 35.5. The fraction of sp³-hybridized carbons (Fsp3) is 0.176. The smallest absolute Gasteiger partial charge is 0.238 e. The number of carbonyl (C=O) groups excluding carboxylic acids is 1. The van der Waals surface area contributed by atoms with Crippen LogP contribution in [0.2, 0.25) is 5.02 Å². The third-order valence-corrected chi connectivity index (χ3v) is 3.49. The summed E-state index contributed by atoms with van der Waals surface area (Å²) in [5.74, 6) is -0.134. The predicted molar refractivity (Wildman–Crippen MR) is 87.7 cm³/mol. The van der Waals surface area contributed by atoms with Crippen LogP contribution in [0.15, 0.2) is 48.5 Å². The molecule has 5 heteroatoms. The molecule has 0 unspecified atom stereocenters. The van der Waals surface area contributed by atoms with Gasteiger partial charge in [-0.05, 0) is 48.9 Å². The van der Waals surface area contributed by atoms with Gasteiger partial charge in [-0.1, -0.05) is 23.7 Å². The molecule has 1 atom stereocenters. The van der Waals surface area contributed by atoms with E-state index in [1.165, 1.54) is 0 Å². The second kappa shape index (κ2) is 7.60. The van der Waals surface area contributed by atoms with Crippen LogP contribution in [0.5, 0.6) is 0 Å². The molecule has 0 saturated heterocycles. The van der Waals surface area contributed by atoms with E-state index in [-0.39, 0.29) is 18.5 Å². The lowest BCUT2D eigenvalue weighted by Crippen LogP contribution is -2.30. The van der Waals surface area contributed by atoms with Gasteiger partial charge < -0.3 is 10.6 Å². The summed E-state index contributed by atoms with van der Waals surface area (Å²) in [6.45, 7) is 2.18. The first-order chi connectivity index (χ1) is 10.6. The van der Waals surface area contributed by atoms with Crippen molar-refractivity contribution in [3.05, 3.63) is 64.7 Å². The van der Waals surface area contributed by atoms with Crippen molar-refractivity contribution in [1.29, 1.82) is 5.26 Å². The lowest BCUT2D eigenvalue weighted by molar-refractivity contribution is -0.115. The average Bonchev–Trinajstić information content (AvgIpc) is 2.54. The zero-order valence-corrected chi connectivity index (χ0v) is 12.9. The van der Waals surface area contributed by atoms with Gasteiger partial charge in [0, 0.05) is 16.8 Å². The molecule has 4 nitrogen and oxygen atoms in total. The highest BCUT2D eigenvalue weighted by Gasteiger charge is 2.08. The molecule has 0 aromatic heterocycles. The number of anilines is 1. The number of nitriles is 1. The first-order valence-corrected chi connectivity index (χ1v) is 7.25. The topological polar surface area (TPSA) is 64.9 Å². The number of carbonyl (C=O) groups is 1. The van der Waals surface area contributed by atoms with Crippen molar-refractivity contribution in [2.45, 2.75) is 13.0 Å². The van der Waals surface area contributed by atoms with Crippen molar-refractivity contribution in [2.24, 2.45) is 0 Å². The summed E-state index contributed by atoms with van der Waals surface area (Å²) in [7, 11) is 0. The number of nitrogens with one attached hydrogen (secondary N) is 2. The Hall–Kier alpha value is -2.35. The van der Waals surface area contributed by atoms with Crippen LogP contribution in [-0.2, 0) is 4.79 Å². The van der Waals surface area contributed by atoms with Crippen molar-refractivity contribution in [1.82, 2.24) is 5.32 Å².